The summed E-state index contributed by atoms with van der Waals surface area (Å²) in [6, 6.07) is 7.72. The third-order valence-corrected chi connectivity index (χ3v) is 4.76. The highest BCUT2D eigenvalue weighted by atomic mass is 79.9. The number of imidazole rings is 1. The van der Waals surface area contributed by atoms with Crippen molar-refractivity contribution >= 4 is 22.0 Å². The molecule has 2 heterocycles. The number of benzene rings is 1. The van der Waals surface area contributed by atoms with E-state index >= 15 is 0 Å². The topological polar surface area (TPSA) is 58.2 Å². The minimum atomic E-state index is -0.516. The van der Waals surface area contributed by atoms with Crippen LogP contribution in [0.5, 0.6) is 0 Å². The SMILES string of the molecule is C[C@H]1CC(c2ncc(C#Cc3ccc(Br)cc3)[nH]2)N(C(=O)OC(C)(C)C)C1. The number of carbonyl (C=O) groups is 1. The van der Waals surface area contributed by atoms with Crippen molar-refractivity contribution in [2.45, 2.75) is 45.8 Å². The molecule has 0 radical (unpaired) electrons. The molecule has 2 aromatic rings. The van der Waals surface area contributed by atoms with Crippen LogP contribution in [0.3, 0.4) is 0 Å². The predicted octanol–water partition coefficient (Wildman–Crippen LogP) is 4.89. The van der Waals surface area contributed by atoms with E-state index in [1.165, 1.54) is 0 Å². The molecule has 1 aliphatic heterocycles. The largest absolute Gasteiger partial charge is 0.444 e. The summed E-state index contributed by atoms with van der Waals surface area (Å²) in [5.74, 6) is 7.37. The molecule has 5 nitrogen and oxygen atoms in total. The van der Waals surface area contributed by atoms with Gasteiger partial charge in [-0.1, -0.05) is 28.8 Å². The summed E-state index contributed by atoms with van der Waals surface area (Å²) in [7, 11) is 0. The number of hydrogen-bond donors (Lipinski definition) is 1. The molecule has 2 atom stereocenters. The molecule has 1 N–H and O–H groups in total. The Kier molecular flexibility index (Phi) is 5.61. The van der Waals surface area contributed by atoms with Crippen molar-refractivity contribution in [3.05, 3.63) is 52.0 Å². The van der Waals surface area contributed by atoms with Crippen LogP contribution in [0.4, 0.5) is 4.79 Å². The summed E-state index contributed by atoms with van der Waals surface area (Å²) in [6.07, 6.45) is 2.28. The highest BCUT2D eigenvalue weighted by Gasteiger charge is 2.38. The summed E-state index contributed by atoms with van der Waals surface area (Å²) in [5, 5.41) is 0. The molecule has 27 heavy (non-hydrogen) atoms. The molecule has 1 aromatic carbocycles. The summed E-state index contributed by atoms with van der Waals surface area (Å²) in [6.45, 7) is 8.43. The summed E-state index contributed by atoms with van der Waals surface area (Å²) >= 11 is 3.42. The third-order valence-electron chi connectivity index (χ3n) is 4.24. The second-order valence-corrected chi connectivity index (χ2v) is 8.84. The smallest absolute Gasteiger partial charge is 0.410 e. The van der Waals surface area contributed by atoms with Crippen LogP contribution >= 0.6 is 15.9 Å². The number of aromatic amines is 1. The van der Waals surface area contributed by atoms with Gasteiger partial charge in [-0.05, 0) is 63.3 Å². The van der Waals surface area contributed by atoms with Crippen molar-refractivity contribution in [1.29, 1.82) is 0 Å². The molecule has 1 amide bonds. The maximum atomic E-state index is 12.6. The van der Waals surface area contributed by atoms with E-state index < -0.39 is 5.60 Å². The number of hydrogen-bond acceptors (Lipinski definition) is 3. The highest BCUT2D eigenvalue weighted by molar-refractivity contribution is 9.10. The number of halogens is 1. The lowest BCUT2D eigenvalue weighted by Crippen LogP contribution is -2.37. The Balaban J connectivity index is 1.76. The van der Waals surface area contributed by atoms with Crippen molar-refractivity contribution in [3.8, 4) is 11.8 Å². The van der Waals surface area contributed by atoms with E-state index in [0.717, 1.165) is 28.0 Å². The first kappa shape index (κ1) is 19.5. The van der Waals surface area contributed by atoms with Gasteiger partial charge in [0.2, 0.25) is 0 Å². The van der Waals surface area contributed by atoms with Gasteiger partial charge in [-0.3, -0.25) is 4.90 Å². The molecule has 0 spiro atoms. The Bertz CT molecular complexity index is 871. The fraction of sp³-hybridized carbons (Fsp3) is 0.429. The Hall–Kier alpha value is -2.26. The van der Waals surface area contributed by atoms with Crippen molar-refractivity contribution in [2.75, 3.05) is 6.54 Å². The molecule has 3 rings (SSSR count). The number of amides is 1. The number of aromatic nitrogens is 2. The zero-order valence-corrected chi connectivity index (χ0v) is 17.6. The Labute approximate surface area is 168 Å². The first-order valence-electron chi connectivity index (χ1n) is 9.03. The summed E-state index contributed by atoms with van der Waals surface area (Å²) in [4.78, 5) is 22.1. The first-order valence-corrected chi connectivity index (χ1v) is 9.83. The highest BCUT2D eigenvalue weighted by Crippen LogP contribution is 2.34. The monoisotopic (exact) mass is 429 g/mol. The van der Waals surface area contributed by atoms with E-state index in [0.29, 0.717) is 12.5 Å². The van der Waals surface area contributed by atoms with Gasteiger partial charge in [0.15, 0.2) is 0 Å². The minimum Gasteiger partial charge on any atom is -0.444 e. The molecular weight excluding hydrogens is 406 g/mol. The first-order chi connectivity index (χ1) is 12.7. The Morgan fingerprint density at radius 1 is 1.30 bits per heavy atom. The molecular formula is C21H24BrN3O2. The van der Waals surface area contributed by atoms with Crippen LogP contribution in [0.1, 0.15) is 57.2 Å². The van der Waals surface area contributed by atoms with Gasteiger partial charge < -0.3 is 9.72 Å². The zero-order chi connectivity index (χ0) is 19.6. The molecule has 1 fully saturated rings. The number of rotatable bonds is 1. The van der Waals surface area contributed by atoms with Gasteiger partial charge in [0, 0.05) is 16.6 Å². The molecule has 6 heteroatoms. The third kappa shape index (κ3) is 5.14. The van der Waals surface area contributed by atoms with Crippen molar-refractivity contribution in [3.63, 3.8) is 0 Å². The summed E-state index contributed by atoms with van der Waals surface area (Å²) in [5.41, 5.74) is 1.15. The molecule has 0 aliphatic carbocycles. The average Bonchev–Trinajstić information content (AvgIpc) is 3.19. The van der Waals surface area contributed by atoms with E-state index in [1.54, 1.807) is 11.1 Å². The molecule has 142 valence electrons. The number of ether oxygens (including phenoxy) is 1. The van der Waals surface area contributed by atoms with E-state index in [4.69, 9.17) is 4.74 Å². The van der Waals surface area contributed by atoms with Gasteiger partial charge in [-0.25, -0.2) is 9.78 Å². The van der Waals surface area contributed by atoms with E-state index in [9.17, 15) is 4.79 Å². The van der Waals surface area contributed by atoms with Gasteiger partial charge in [-0.2, -0.15) is 0 Å². The second kappa shape index (κ2) is 7.77. The lowest BCUT2D eigenvalue weighted by atomic mass is 10.1. The van der Waals surface area contributed by atoms with Gasteiger partial charge >= 0.3 is 6.09 Å². The Morgan fingerprint density at radius 3 is 2.67 bits per heavy atom. The molecule has 0 bridgehead atoms. The zero-order valence-electron chi connectivity index (χ0n) is 16.0. The quantitative estimate of drug-likeness (QED) is 0.656. The van der Waals surface area contributed by atoms with Crippen molar-refractivity contribution < 1.29 is 9.53 Å². The Morgan fingerprint density at radius 2 is 2.00 bits per heavy atom. The van der Waals surface area contributed by atoms with Crippen LogP contribution in [0.25, 0.3) is 0 Å². The van der Waals surface area contributed by atoms with Crippen molar-refractivity contribution in [2.24, 2.45) is 5.92 Å². The van der Waals surface area contributed by atoms with Crippen LogP contribution in [-0.2, 0) is 4.74 Å². The lowest BCUT2D eigenvalue weighted by Gasteiger charge is -2.27. The van der Waals surface area contributed by atoms with Crippen molar-refractivity contribution in [1.82, 2.24) is 14.9 Å². The molecule has 0 saturated carbocycles. The molecule has 1 saturated heterocycles. The van der Waals surface area contributed by atoms with Gasteiger partial charge in [0.05, 0.1) is 12.2 Å². The van der Waals surface area contributed by atoms with Crippen LogP contribution < -0.4 is 0 Å². The molecule has 1 unspecified atom stereocenters. The summed E-state index contributed by atoms with van der Waals surface area (Å²) < 4.78 is 6.58. The standard InChI is InChI=1S/C21H24BrN3O2/c1-14-11-18(25(13-14)20(26)27-21(2,3)4)19-23-12-17(24-19)10-7-15-5-8-16(22)9-6-15/h5-6,8-9,12,14,18H,11,13H2,1-4H3,(H,23,24)/t14-,18?/m0/s1. The number of H-pyrrole nitrogens is 1. The van der Waals surface area contributed by atoms with Gasteiger partial charge in [0.1, 0.15) is 17.1 Å². The molecule has 1 aliphatic rings. The fourth-order valence-electron chi connectivity index (χ4n) is 3.07. The predicted molar refractivity (Wildman–Crippen MR) is 108 cm³/mol. The molecule has 1 aromatic heterocycles. The van der Waals surface area contributed by atoms with E-state index in [-0.39, 0.29) is 12.1 Å². The van der Waals surface area contributed by atoms with Crippen LogP contribution in [0, 0.1) is 17.8 Å². The van der Waals surface area contributed by atoms with Crippen LogP contribution in [0.15, 0.2) is 34.9 Å². The van der Waals surface area contributed by atoms with Crippen LogP contribution in [-0.4, -0.2) is 33.1 Å². The number of carbonyl (C=O) groups excluding carboxylic acids is 1. The second-order valence-electron chi connectivity index (χ2n) is 7.93. The average molecular weight is 430 g/mol. The maximum absolute atomic E-state index is 12.6. The van der Waals surface area contributed by atoms with Gasteiger partial charge in [0.25, 0.3) is 0 Å². The number of likely N-dealkylation sites (tertiary alicyclic amines) is 1. The van der Waals surface area contributed by atoms with E-state index in [2.05, 4.69) is 44.7 Å². The fourth-order valence-corrected chi connectivity index (χ4v) is 3.33. The van der Waals surface area contributed by atoms with E-state index in [1.807, 2.05) is 45.0 Å². The van der Waals surface area contributed by atoms with Crippen LogP contribution in [0.2, 0.25) is 0 Å². The van der Waals surface area contributed by atoms with Gasteiger partial charge in [-0.15, -0.1) is 0 Å². The number of nitrogens with zero attached hydrogens (tertiary/aromatic N) is 2. The normalized spacial score (nSPS) is 19.5. The minimum absolute atomic E-state index is 0.113. The lowest BCUT2D eigenvalue weighted by molar-refractivity contribution is 0.0214. The maximum Gasteiger partial charge on any atom is 0.410 e. The number of nitrogens with one attached hydrogen (secondary N) is 1.